The monoisotopic (exact) mass is 311 g/mol. The summed E-state index contributed by atoms with van der Waals surface area (Å²) in [4.78, 5) is 3.40. The Balaban J connectivity index is 0.000000367. The van der Waals surface area contributed by atoms with E-state index in [4.69, 9.17) is 9.47 Å². The maximum absolute atomic E-state index is 5.25. The van der Waals surface area contributed by atoms with Crippen LogP contribution in [-0.2, 0) is 0 Å². The Morgan fingerprint density at radius 2 is 1.52 bits per heavy atom. The molecule has 0 spiro atoms. The van der Waals surface area contributed by atoms with Crippen LogP contribution < -0.4 is 9.47 Å². The quantitative estimate of drug-likeness (QED) is 0.677. The summed E-state index contributed by atoms with van der Waals surface area (Å²) >= 11 is 0. The fourth-order valence-electron chi connectivity index (χ4n) is 2.43. The molecule has 1 aliphatic carbocycles. The van der Waals surface area contributed by atoms with Crippen molar-refractivity contribution in [1.82, 2.24) is 4.98 Å². The van der Waals surface area contributed by atoms with E-state index in [2.05, 4.69) is 17.1 Å². The summed E-state index contributed by atoms with van der Waals surface area (Å²) in [7, 11) is 3.35. The molecule has 122 valence electrons. The van der Waals surface area contributed by atoms with E-state index in [1.165, 1.54) is 25.7 Å². The first kappa shape index (κ1) is 15.5. The van der Waals surface area contributed by atoms with Crippen LogP contribution in [0.1, 0.15) is 27.1 Å². The van der Waals surface area contributed by atoms with E-state index in [-0.39, 0.29) is 1.43 Å². The number of fused-ring (bicyclic) bond motifs is 1. The third-order valence-corrected chi connectivity index (χ3v) is 4.21. The maximum Gasteiger partial charge on any atom is 0.119 e. The van der Waals surface area contributed by atoms with Crippen molar-refractivity contribution in [1.29, 1.82) is 0 Å². The maximum atomic E-state index is 5.25. The predicted molar refractivity (Wildman–Crippen MR) is 97.4 cm³/mol. The van der Waals surface area contributed by atoms with E-state index in [1.807, 2.05) is 36.4 Å². The molecule has 0 amide bonds. The predicted octanol–water partition coefficient (Wildman–Crippen LogP) is 5.66. The highest BCUT2D eigenvalue weighted by molar-refractivity contribution is 5.87. The molecule has 0 bridgehead atoms. The number of ether oxygens (including phenoxy) is 2. The normalized spacial score (nSPS) is 13.0. The van der Waals surface area contributed by atoms with Crippen LogP contribution in [0, 0.1) is 0 Å². The lowest BCUT2D eigenvalue weighted by Crippen LogP contribution is -1.85. The van der Waals surface area contributed by atoms with Gasteiger partial charge in [-0.05, 0) is 36.4 Å². The van der Waals surface area contributed by atoms with Crippen LogP contribution >= 0.6 is 0 Å². The number of methoxy groups -OCH3 is 2. The molecule has 1 heterocycles. The third kappa shape index (κ3) is 3.67. The Kier molecular flexibility index (Phi) is 4.86. The second-order valence-corrected chi connectivity index (χ2v) is 5.78. The van der Waals surface area contributed by atoms with Gasteiger partial charge in [-0.2, -0.15) is 0 Å². The minimum atomic E-state index is 0. The van der Waals surface area contributed by atoms with E-state index < -0.39 is 0 Å². The van der Waals surface area contributed by atoms with Crippen molar-refractivity contribution in [3.63, 3.8) is 0 Å². The van der Waals surface area contributed by atoms with Gasteiger partial charge in [0.25, 0.3) is 0 Å². The number of hydrogen-bond acceptors (Lipinski definition) is 2. The van der Waals surface area contributed by atoms with Crippen LogP contribution in [0.5, 0.6) is 11.5 Å². The van der Waals surface area contributed by atoms with Gasteiger partial charge in [-0.3, -0.25) is 0 Å². The molecular formula is C20H25NO2. The highest BCUT2D eigenvalue weighted by Gasteiger charge is 2.05. The van der Waals surface area contributed by atoms with E-state index >= 15 is 0 Å². The highest BCUT2D eigenvalue weighted by Crippen LogP contribution is 2.28. The molecule has 4 rings (SSSR count). The average molecular weight is 311 g/mol. The van der Waals surface area contributed by atoms with E-state index in [0.717, 1.165) is 33.7 Å². The van der Waals surface area contributed by atoms with Crippen molar-refractivity contribution in [2.45, 2.75) is 25.7 Å². The van der Waals surface area contributed by atoms with Gasteiger partial charge < -0.3 is 14.5 Å². The summed E-state index contributed by atoms with van der Waals surface area (Å²) in [5.74, 6) is 1.72. The second-order valence-electron chi connectivity index (χ2n) is 5.78. The lowest BCUT2D eigenvalue weighted by Gasteiger charge is -2.05. The average Bonchev–Trinajstić information content (AvgIpc) is 2.96. The fourth-order valence-corrected chi connectivity index (χ4v) is 2.43. The second kappa shape index (κ2) is 7.23. The Bertz CT molecular complexity index is 774. The zero-order valence-corrected chi connectivity index (χ0v) is 13.8. The van der Waals surface area contributed by atoms with Gasteiger partial charge >= 0.3 is 0 Å². The molecule has 2 aromatic carbocycles. The largest absolute Gasteiger partial charge is 0.497 e. The molecule has 0 saturated heterocycles. The van der Waals surface area contributed by atoms with E-state index in [9.17, 15) is 0 Å². The molecule has 3 aromatic rings. The molecule has 3 heteroatoms. The number of hydrogen-bond donors (Lipinski definition) is 1. The van der Waals surface area contributed by atoms with Gasteiger partial charge in [0.15, 0.2) is 0 Å². The lowest BCUT2D eigenvalue weighted by molar-refractivity contribution is 0.415. The molecular weight excluding hydrogens is 286 g/mol. The summed E-state index contributed by atoms with van der Waals surface area (Å²) in [6.45, 7) is 0. The van der Waals surface area contributed by atoms with Crippen LogP contribution in [0.15, 0.2) is 48.5 Å². The Morgan fingerprint density at radius 3 is 2.17 bits per heavy atom. The van der Waals surface area contributed by atoms with Crippen molar-refractivity contribution in [2.75, 3.05) is 14.2 Å². The first-order valence-electron chi connectivity index (χ1n) is 8.11. The Labute approximate surface area is 138 Å². The van der Waals surface area contributed by atoms with Crippen molar-refractivity contribution < 1.29 is 10.9 Å². The summed E-state index contributed by atoms with van der Waals surface area (Å²) in [5.41, 5.74) is 3.27. The van der Waals surface area contributed by atoms with Crippen molar-refractivity contribution in [3.05, 3.63) is 48.5 Å². The Hall–Kier alpha value is -2.42. The van der Waals surface area contributed by atoms with Gasteiger partial charge in [0.2, 0.25) is 0 Å². The Morgan fingerprint density at radius 1 is 0.826 bits per heavy atom. The number of H-pyrrole nitrogens is 1. The molecule has 0 unspecified atom stereocenters. The number of nitrogens with one attached hydrogen (secondary N) is 1. The number of aromatic nitrogens is 1. The SMILES string of the molecule is C1CCC1.COc1cccc(-c2cc3cc(OC)ccc3[nH]2)c1.[HH]. The van der Waals surface area contributed by atoms with E-state index in [0.29, 0.717) is 0 Å². The van der Waals surface area contributed by atoms with Crippen molar-refractivity contribution >= 4 is 10.9 Å². The standard InChI is InChI=1S/C16H15NO2.C4H8.H2/c1-18-13-5-3-4-11(8-13)16-10-12-9-14(19-2)6-7-15(12)17-16;1-2-4-3-1;/h3-10,17H,1-2H3;1-4H2;1H. The summed E-state index contributed by atoms with van der Waals surface area (Å²) in [6.07, 6.45) is 6.00. The molecule has 1 aliphatic rings. The minimum Gasteiger partial charge on any atom is -0.497 e. The number of aromatic amines is 1. The number of rotatable bonds is 3. The fraction of sp³-hybridized carbons (Fsp3) is 0.300. The van der Waals surface area contributed by atoms with Gasteiger partial charge in [-0.25, -0.2) is 0 Å². The van der Waals surface area contributed by atoms with Gasteiger partial charge in [0, 0.05) is 23.6 Å². The molecule has 1 fully saturated rings. The molecule has 1 N–H and O–H groups in total. The topological polar surface area (TPSA) is 34.2 Å². The van der Waals surface area contributed by atoms with E-state index in [1.54, 1.807) is 14.2 Å². The molecule has 1 saturated carbocycles. The molecule has 0 aliphatic heterocycles. The zero-order valence-electron chi connectivity index (χ0n) is 13.8. The molecule has 3 nitrogen and oxygen atoms in total. The van der Waals surface area contributed by atoms with Crippen molar-refractivity contribution in [2.24, 2.45) is 0 Å². The first-order chi connectivity index (χ1) is 11.3. The van der Waals surface area contributed by atoms with Gasteiger partial charge in [0.05, 0.1) is 14.2 Å². The highest BCUT2D eigenvalue weighted by atomic mass is 16.5. The van der Waals surface area contributed by atoms with Gasteiger partial charge in [0.1, 0.15) is 11.5 Å². The first-order valence-corrected chi connectivity index (χ1v) is 8.11. The smallest absolute Gasteiger partial charge is 0.119 e. The molecule has 1 aromatic heterocycles. The van der Waals surface area contributed by atoms with Crippen LogP contribution in [0.25, 0.3) is 22.2 Å². The van der Waals surface area contributed by atoms with Crippen LogP contribution in [0.2, 0.25) is 0 Å². The van der Waals surface area contributed by atoms with Gasteiger partial charge in [-0.15, -0.1) is 0 Å². The molecule has 0 radical (unpaired) electrons. The summed E-state index contributed by atoms with van der Waals surface area (Å²) in [6, 6.07) is 16.1. The number of benzene rings is 2. The van der Waals surface area contributed by atoms with Crippen molar-refractivity contribution in [3.8, 4) is 22.8 Å². The lowest BCUT2D eigenvalue weighted by atomic mass is 10.0. The summed E-state index contributed by atoms with van der Waals surface area (Å²) in [5, 5.41) is 1.14. The van der Waals surface area contributed by atoms with Crippen LogP contribution in [0.3, 0.4) is 0 Å². The van der Waals surface area contributed by atoms with Crippen LogP contribution in [0.4, 0.5) is 0 Å². The third-order valence-electron chi connectivity index (χ3n) is 4.21. The molecule has 23 heavy (non-hydrogen) atoms. The zero-order chi connectivity index (χ0) is 16.1. The minimum absolute atomic E-state index is 0. The van der Waals surface area contributed by atoms with Gasteiger partial charge in [-0.1, -0.05) is 37.8 Å². The molecule has 0 atom stereocenters. The van der Waals surface area contributed by atoms with Crippen LogP contribution in [-0.4, -0.2) is 19.2 Å². The summed E-state index contributed by atoms with van der Waals surface area (Å²) < 4.78 is 10.5.